The van der Waals surface area contributed by atoms with E-state index in [0.717, 1.165) is 6.20 Å². The molecule has 1 aromatic rings. The summed E-state index contributed by atoms with van der Waals surface area (Å²) in [4.78, 5) is 2.13. The Labute approximate surface area is 54.3 Å². The Morgan fingerprint density at radius 2 is 1.90 bits per heavy atom. The van der Waals surface area contributed by atoms with Crippen LogP contribution >= 0.6 is 0 Å². The first-order chi connectivity index (χ1) is 4.52. The molecule has 1 aromatic heterocycles. The Bertz CT molecular complexity index is 227. The first-order valence-corrected chi connectivity index (χ1v) is 2.45. The third kappa shape index (κ3) is 1.07. The van der Waals surface area contributed by atoms with Gasteiger partial charge in [-0.05, 0) is 0 Å². The molecule has 0 spiro atoms. The molecule has 0 saturated carbocycles. The molecular weight excluding hydrogens is 147 g/mol. The standard InChI is InChI=1S/C5H4F3NO/c6-5(7,8)3-1-9-2-4(3)10/h1-2,9-10H. The number of nitrogens with one attached hydrogen (secondary N) is 1. The van der Waals surface area contributed by atoms with Crippen molar-refractivity contribution in [2.45, 2.75) is 6.18 Å². The first kappa shape index (κ1) is 6.98. The van der Waals surface area contributed by atoms with E-state index in [-0.39, 0.29) is 0 Å². The molecule has 0 atom stereocenters. The molecule has 0 aliphatic carbocycles. The van der Waals surface area contributed by atoms with E-state index >= 15 is 0 Å². The zero-order chi connectivity index (χ0) is 7.78. The van der Waals surface area contributed by atoms with Crippen LogP contribution in [0, 0.1) is 0 Å². The number of hydrogen-bond donors (Lipinski definition) is 2. The van der Waals surface area contributed by atoms with Crippen LogP contribution in [0.15, 0.2) is 12.4 Å². The van der Waals surface area contributed by atoms with Crippen LogP contribution in [0.2, 0.25) is 0 Å². The largest absolute Gasteiger partial charge is 0.506 e. The minimum absolute atomic E-state index is 0.704. The lowest BCUT2D eigenvalue weighted by Gasteiger charge is -2.01. The fraction of sp³-hybridized carbons (Fsp3) is 0.200. The normalized spacial score (nSPS) is 11.9. The van der Waals surface area contributed by atoms with Crippen molar-refractivity contribution in [1.29, 1.82) is 0 Å². The third-order valence-corrected chi connectivity index (χ3v) is 1.03. The number of aromatic amines is 1. The topological polar surface area (TPSA) is 36.0 Å². The molecule has 0 aliphatic heterocycles. The Hall–Kier alpha value is -1.13. The highest BCUT2D eigenvalue weighted by Gasteiger charge is 2.34. The van der Waals surface area contributed by atoms with E-state index in [2.05, 4.69) is 4.98 Å². The van der Waals surface area contributed by atoms with Gasteiger partial charge in [0.15, 0.2) is 0 Å². The van der Waals surface area contributed by atoms with Gasteiger partial charge in [0.2, 0.25) is 0 Å². The van der Waals surface area contributed by atoms with E-state index in [4.69, 9.17) is 5.11 Å². The third-order valence-electron chi connectivity index (χ3n) is 1.03. The summed E-state index contributed by atoms with van der Waals surface area (Å²) in [5, 5.41) is 8.53. The number of hydrogen-bond acceptors (Lipinski definition) is 1. The Balaban J connectivity index is 3.05. The molecule has 1 rings (SSSR count). The van der Waals surface area contributed by atoms with Crippen molar-refractivity contribution in [2.24, 2.45) is 0 Å². The van der Waals surface area contributed by atoms with Crippen molar-refractivity contribution in [1.82, 2.24) is 4.98 Å². The molecule has 2 nitrogen and oxygen atoms in total. The number of H-pyrrole nitrogens is 1. The highest BCUT2D eigenvalue weighted by molar-refractivity contribution is 5.30. The molecule has 5 heteroatoms. The maximum Gasteiger partial charge on any atom is 0.421 e. The van der Waals surface area contributed by atoms with Crippen molar-refractivity contribution in [3.05, 3.63) is 18.0 Å². The Morgan fingerprint density at radius 3 is 2.10 bits per heavy atom. The van der Waals surface area contributed by atoms with Gasteiger partial charge < -0.3 is 10.1 Å². The van der Waals surface area contributed by atoms with Crippen LogP contribution in [0.3, 0.4) is 0 Å². The maximum absolute atomic E-state index is 11.7. The van der Waals surface area contributed by atoms with Gasteiger partial charge in [-0.2, -0.15) is 13.2 Å². The van der Waals surface area contributed by atoms with Gasteiger partial charge in [-0.3, -0.25) is 0 Å². The van der Waals surface area contributed by atoms with E-state index in [0.29, 0.717) is 6.20 Å². The molecule has 0 saturated heterocycles. The van der Waals surface area contributed by atoms with E-state index in [1.54, 1.807) is 0 Å². The van der Waals surface area contributed by atoms with Crippen LogP contribution in [-0.4, -0.2) is 10.1 Å². The molecule has 2 N–H and O–H groups in total. The Morgan fingerprint density at radius 1 is 1.30 bits per heavy atom. The molecule has 0 aliphatic rings. The summed E-state index contributed by atoms with van der Waals surface area (Å²) < 4.78 is 35.1. The van der Waals surface area contributed by atoms with Crippen LogP contribution in [0.5, 0.6) is 5.75 Å². The lowest BCUT2D eigenvalue weighted by molar-refractivity contribution is -0.138. The molecule has 0 unspecified atom stereocenters. The zero-order valence-electron chi connectivity index (χ0n) is 4.74. The average molecular weight is 151 g/mol. The summed E-state index contributed by atoms with van der Waals surface area (Å²) in [5.74, 6) is -0.771. The van der Waals surface area contributed by atoms with E-state index in [1.165, 1.54) is 0 Å². The van der Waals surface area contributed by atoms with Gasteiger partial charge in [-0.15, -0.1) is 0 Å². The molecule has 1 heterocycles. The predicted octanol–water partition coefficient (Wildman–Crippen LogP) is 1.74. The molecule has 56 valence electrons. The van der Waals surface area contributed by atoms with Gasteiger partial charge in [0, 0.05) is 12.4 Å². The number of aromatic nitrogens is 1. The van der Waals surface area contributed by atoms with Crippen LogP contribution < -0.4 is 0 Å². The smallest absolute Gasteiger partial charge is 0.421 e. The van der Waals surface area contributed by atoms with Crippen molar-refractivity contribution < 1.29 is 18.3 Å². The number of alkyl halides is 3. The minimum atomic E-state index is -4.47. The van der Waals surface area contributed by atoms with Gasteiger partial charge in [0.05, 0.1) is 0 Å². The molecule has 0 bridgehead atoms. The summed E-state index contributed by atoms with van der Waals surface area (Å²) in [5.41, 5.74) is -1.03. The highest BCUT2D eigenvalue weighted by Crippen LogP contribution is 2.34. The second-order valence-electron chi connectivity index (χ2n) is 1.75. The Kier molecular flexibility index (Phi) is 1.35. The van der Waals surface area contributed by atoms with Crippen LogP contribution in [-0.2, 0) is 6.18 Å². The summed E-state index contributed by atoms with van der Waals surface area (Å²) >= 11 is 0. The van der Waals surface area contributed by atoms with Crippen molar-refractivity contribution in [3.8, 4) is 5.75 Å². The van der Waals surface area contributed by atoms with Crippen molar-refractivity contribution in [3.63, 3.8) is 0 Å². The van der Waals surface area contributed by atoms with E-state index in [1.807, 2.05) is 0 Å². The monoisotopic (exact) mass is 151 g/mol. The van der Waals surface area contributed by atoms with Gasteiger partial charge in [-0.1, -0.05) is 0 Å². The van der Waals surface area contributed by atoms with Crippen molar-refractivity contribution >= 4 is 0 Å². The summed E-state index contributed by atoms with van der Waals surface area (Å²) in [6, 6.07) is 0. The van der Waals surface area contributed by atoms with E-state index < -0.39 is 17.5 Å². The number of halogens is 3. The zero-order valence-corrected chi connectivity index (χ0v) is 4.74. The van der Waals surface area contributed by atoms with Crippen LogP contribution in [0.4, 0.5) is 13.2 Å². The van der Waals surface area contributed by atoms with E-state index in [9.17, 15) is 13.2 Å². The van der Waals surface area contributed by atoms with Crippen LogP contribution in [0.25, 0.3) is 0 Å². The minimum Gasteiger partial charge on any atom is -0.506 e. The van der Waals surface area contributed by atoms with Crippen molar-refractivity contribution in [2.75, 3.05) is 0 Å². The second-order valence-corrected chi connectivity index (χ2v) is 1.75. The molecular formula is C5H4F3NO. The maximum atomic E-state index is 11.7. The lowest BCUT2D eigenvalue weighted by Crippen LogP contribution is -2.02. The van der Waals surface area contributed by atoms with Crippen LogP contribution in [0.1, 0.15) is 5.56 Å². The predicted molar refractivity (Wildman–Crippen MR) is 27.5 cm³/mol. The quantitative estimate of drug-likeness (QED) is 0.582. The summed E-state index contributed by atoms with van der Waals surface area (Å²) in [6.45, 7) is 0. The summed E-state index contributed by atoms with van der Waals surface area (Å²) in [6.07, 6.45) is -2.89. The molecule has 10 heavy (non-hydrogen) atoms. The lowest BCUT2D eigenvalue weighted by atomic mass is 10.3. The first-order valence-electron chi connectivity index (χ1n) is 2.45. The SMILES string of the molecule is Oc1c[nH]cc1C(F)(F)F. The second kappa shape index (κ2) is 1.93. The number of aromatic hydroxyl groups is 1. The summed E-state index contributed by atoms with van der Waals surface area (Å²) in [7, 11) is 0. The fourth-order valence-corrected chi connectivity index (χ4v) is 0.583. The van der Waals surface area contributed by atoms with Gasteiger partial charge in [0.1, 0.15) is 11.3 Å². The molecule has 0 radical (unpaired) electrons. The highest BCUT2D eigenvalue weighted by atomic mass is 19.4. The number of rotatable bonds is 0. The average Bonchev–Trinajstić information content (AvgIpc) is 2.11. The molecule has 0 aromatic carbocycles. The van der Waals surface area contributed by atoms with Gasteiger partial charge in [-0.25, -0.2) is 0 Å². The van der Waals surface area contributed by atoms with Gasteiger partial charge in [0.25, 0.3) is 0 Å². The molecule has 0 amide bonds. The molecule has 0 fully saturated rings. The van der Waals surface area contributed by atoms with Gasteiger partial charge >= 0.3 is 6.18 Å². The fourth-order valence-electron chi connectivity index (χ4n) is 0.583.